The van der Waals surface area contributed by atoms with Crippen molar-refractivity contribution in [3.05, 3.63) is 66.7 Å². The molecule has 8 heteroatoms. The highest BCUT2D eigenvalue weighted by atomic mass is 16.6. The fourth-order valence-electron chi connectivity index (χ4n) is 5.18. The highest BCUT2D eigenvalue weighted by molar-refractivity contribution is 5.88. The summed E-state index contributed by atoms with van der Waals surface area (Å²) in [7, 11) is 0. The molecule has 1 aromatic carbocycles. The maximum atomic E-state index is 13.5. The number of hydrogen-bond donors (Lipinski definition) is 0. The number of carbonyl (C=O) groups is 1. The monoisotopic (exact) mass is 416 g/mol. The average molecular weight is 416 g/mol. The second kappa shape index (κ2) is 7.16. The zero-order valence-electron chi connectivity index (χ0n) is 17.2. The van der Waals surface area contributed by atoms with E-state index in [1.807, 2.05) is 41.4 Å². The van der Waals surface area contributed by atoms with Gasteiger partial charge in [0.15, 0.2) is 11.4 Å². The van der Waals surface area contributed by atoms with Crippen LogP contribution in [0.1, 0.15) is 37.3 Å². The summed E-state index contributed by atoms with van der Waals surface area (Å²) in [6.45, 7) is 1.44. The molecule has 3 aromatic rings. The van der Waals surface area contributed by atoms with E-state index in [4.69, 9.17) is 4.74 Å². The molecule has 5 heterocycles. The molecule has 3 fully saturated rings. The summed E-state index contributed by atoms with van der Waals surface area (Å²) in [6, 6.07) is 14.2. The van der Waals surface area contributed by atoms with E-state index in [0.29, 0.717) is 12.8 Å². The van der Waals surface area contributed by atoms with Crippen LogP contribution in [0, 0.1) is 0 Å². The third-order valence-corrected chi connectivity index (χ3v) is 6.78. The van der Waals surface area contributed by atoms with Gasteiger partial charge in [-0.2, -0.15) is 5.10 Å². The maximum Gasteiger partial charge on any atom is 0.257 e. The summed E-state index contributed by atoms with van der Waals surface area (Å²) >= 11 is 0. The Morgan fingerprint density at radius 2 is 1.81 bits per heavy atom. The standard InChI is InChI=1S/C23H24N6O2/c30-22-23(31-21-8-7-18(29(21)22)17-5-2-1-3-6-17)9-13-27(14-10-23)19-15-20(25-16-24-19)28-12-4-11-26-28/h1-6,11-12,15-16,18,21H,7-10,13-14H2. The molecule has 0 aliphatic carbocycles. The van der Waals surface area contributed by atoms with Crippen LogP contribution in [0.3, 0.4) is 0 Å². The Labute approximate surface area is 180 Å². The molecule has 158 valence electrons. The van der Waals surface area contributed by atoms with Crippen LogP contribution in [0.25, 0.3) is 5.82 Å². The Morgan fingerprint density at radius 3 is 2.58 bits per heavy atom. The molecular formula is C23H24N6O2. The van der Waals surface area contributed by atoms with E-state index < -0.39 is 5.60 Å². The zero-order valence-corrected chi connectivity index (χ0v) is 17.2. The molecule has 3 saturated heterocycles. The smallest absolute Gasteiger partial charge is 0.257 e. The van der Waals surface area contributed by atoms with E-state index in [2.05, 4.69) is 32.1 Å². The second-order valence-electron chi connectivity index (χ2n) is 8.46. The topological polar surface area (TPSA) is 76.4 Å². The van der Waals surface area contributed by atoms with Crippen molar-refractivity contribution in [2.45, 2.75) is 43.6 Å². The van der Waals surface area contributed by atoms with Crippen molar-refractivity contribution < 1.29 is 9.53 Å². The van der Waals surface area contributed by atoms with Crippen LogP contribution in [0.2, 0.25) is 0 Å². The summed E-state index contributed by atoms with van der Waals surface area (Å²) in [4.78, 5) is 26.5. The first-order valence-electron chi connectivity index (χ1n) is 10.9. The van der Waals surface area contributed by atoms with Gasteiger partial charge in [0.2, 0.25) is 0 Å². The minimum absolute atomic E-state index is 0.102. The van der Waals surface area contributed by atoms with Crippen LogP contribution in [0.5, 0.6) is 0 Å². The Hall–Kier alpha value is -3.26. The quantitative estimate of drug-likeness (QED) is 0.654. The number of nitrogens with zero attached hydrogens (tertiary/aromatic N) is 6. The molecule has 3 aliphatic heterocycles. The fraction of sp³-hybridized carbons (Fsp3) is 0.391. The van der Waals surface area contributed by atoms with Crippen LogP contribution in [-0.4, -0.2) is 55.5 Å². The van der Waals surface area contributed by atoms with Gasteiger partial charge in [-0.05, 0) is 24.5 Å². The number of rotatable bonds is 3. The number of fused-ring (bicyclic) bond motifs is 1. The van der Waals surface area contributed by atoms with Crippen LogP contribution in [-0.2, 0) is 9.53 Å². The van der Waals surface area contributed by atoms with Crippen molar-refractivity contribution in [3.63, 3.8) is 0 Å². The summed E-state index contributed by atoms with van der Waals surface area (Å²) in [5, 5.41) is 4.24. The van der Waals surface area contributed by atoms with E-state index in [9.17, 15) is 4.79 Å². The van der Waals surface area contributed by atoms with E-state index in [0.717, 1.165) is 37.6 Å². The van der Waals surface area contributed by atoms with E-state index in [1.165, 1.54) is 5.56 Å². The van der Waals surface area contributed by atoms with Crippen molar-refractivity contribution in [1.29, 1.82) is 0 Å². The highest BCUT2D eigenvalue weighted by Crippen LogP contribution is 2.47. The first kappa shape index (κ1) is 18.5. The lowest BCUT2D eigenvalue weighted by molar-refractivity contribution is -0.140. The van der Waals surface area contributed by atoms with Gasteiger partial charge >= 0.3 is 0 Å². The van der Waals surface area contributed by atoms with Crippen LogP contribution < -0.4 is 4.90 Å². The second-order valence-corrected chi connectivity index (χ2v) is 8.46. The molecule has 6 rings (SSSR count). The molecule has 0 bridgehead atoms. The lowest BCUT2D eigenvalue weighted by atomic mass is 9.89. The Bertz CT molecular complexity index is 1080. The number of anilines is 1. The number of ether oxygens (including phenoxy) is 1. The molecule has 2 unspecified atom stereocenters. The minimum Gasteiger partial charge on any atom is -0.356 e. The van der Waals surface area contributed by atoms with Gasteiger partial charge in [0.05, 0.1) is 6.04 Å². The van der Waals surface area contributed by atoms with Gasteiger partial charge < -0.3 is 14.5 Å². The van der Waals surface area contributed by atoms with Gasteiger partial charge in [-0.25, -0.2) is 14.6 Å². The first-order valence-corrected chi connectivity index (χ1v) is 10.9. The normalized spacial score (nSPS) is 24.7. The first-order chi connectivity index (χ1) is 15.2. The van der Waals surface area contributed by atoms with Gasteiger partial charge in [0, 0.05) is 44.4 Å². The molecule has 0 radical (unpaired) electrons. The molecule has 3 aliphatic rings. The number of amides is 1. The van der Waals surface area contributed by atoms with Crippen molar-refractivity contribution in [2.24, 2.45) is 0 Å². The minimum atomic E-state index is -0.702. The SMILES string of the molecule is O=C1N2C(CCC2c2ccccc2)OC12CCN(c1cc(-n3cccn3)ncn1)CC2. The summed E-state index contributed by atoms with van der Waals surface area (Å²) in [5.74, 6) is 1.74. The molecule has 2 atom stereocenters. The Balaban J connectivity index is 1.19. The summed E-state index contributed by atoms with van der Waals surface area (Å²) in [5.41, 5.74) is 0.496. The van der Waals surface area contributed by atoms with E-state index in [-0.39, 0.29) is 18.2 Å². The number of aromatic nitrogens is 4. The van der Waals surface area contributed by atoms with Crippen molar-refractivity contribution in [1.82, 2.24) is 24.6 Å². The molecule has 1 spiro atoms. The van der Waals surface area contributed by atoms with Crippen LogP contribution in [0.15, 0.2) is 61.2 Å². The zero-order chi connectivity index (χ0) is 20.8. The van der Waals surface area contributed by atoms with Crippen molar-refractivity contribution in [3.8, 4) is 5.82 Å². The number of piperidine rings is 1. The lowest BCUT2D eigenvalue weighted by Crippen LogP contribution is -2.50. The molecule has 31 heavy (non-hydrogen) atoms. The largest absolute Gasteiger partial charge is 0.356 e. The number of hydrogen-bond acceptors (Lipinski definition) is 6. The van der Waals surface area contributed by atoms with Crippen LogP contribution >= 0.6 is 0 Å². The van der Waals surface area contributed by atoms with Gasteiger partial charge in [0.25, 0.3) is 5.91 Å². The van der Waals surface area contributed by atoms with Gasteiger partial charge in [-0.1, -0.05) is 30.3 Å². The van der Waals surface area contributed by atoms with Gasteiger partial charge in [-0.15, -0.1) is 0 Å². The molecular weight excluding hydrogens is 392 g/mol. The fourth-order valence-corrected chi connectivity index (χ4v) is 5.18. The number of carbonyl (C=O) groups excluding carboxylic acids is 1. The maximum absolute atomic E-state index is 13.5. The van der Waals surface area contributed by atoms with Gasteiger partial charge in [-0.3, -0.25) is 4.79 Å². The third-order valence-electron chi connectivity index (χ3n) is 6.78. The Kier molecular flexibility index (Phi) is 4.27. The lowest BCUT2D eigenvalue weighted by Gasteiger charge is -2.38. The predicted octanol–water partition coefficient (Wildman–Crippen LogP) is 2.72. The molecule has 1 amide bonds. The van der Waals surface area contributed by atoms with E-state index in [1.54, 1.807) is 17.2 Å². The Morgan fingerprint density at radius 1 is 1.00 bits per heavy atom. The van der Waals surface area contributed by atoms with Gasteiger partial charge in [0.1, 0.15) is 18.4 Å². The van der Waals surface area contributed by atoms with Crippen molar-refractivity contribution >= 4 is 11.7 Å². The summed E-state index contributed by atoms with van der Waals surface area (Å²) < 4.78 is 8.17. The molecule has 0 saturated carbocycles. The highest BCUT2D eigenvalue weighted by Gasteiger charge is 2.57. The molecule has 0 N–H and O–H groups in total. The molecule has 8 nitrogen and oxygen atoms in total. The van der Waals surface area contributed by atoms with Crippen molar-refractivity contribution in [2.75, 3.05) is 18.0 Å². The summed E-state index contributed by atoms with van der Waals surface area (Å²) in [6.07, 6.45) is 8.24. The predicted molar refractivity (Wildman–Crippen MR) is 113 cm³/mol. The molecule has 2 aromatic heterocycles. The third kappa shape index (κ3) is 3.01. The van der Waals surface area contributed by atoms with E-state index >= 15 is 0 Å². The number of benzene rings is 1. The average Bonchev–Trinajstić information content (AvgIpc) is 3.55. The van der Waals surface area contributed by atoms with Crippen LogP contribution in [0.4, 0.5) is 5.82 Å².